The average Bonchev–Trinajstić information content (AvgIpc) is 3.40. The Hall–Kier alpha value is -1.92. The largest absolute Gasteiger partial charge is 0.462 e. The average molecular weight is 340 g/mol. The Bertz CT molecular complexity index is 809. The van der Waals surface area contributed by atoms with Gasteiger partial charge in [0.05, 0.1) is 12.0 Å². The molecule has 5 heterocycles. The summed E-state index contributed by atoms with van der Waals surface area (Å²) in [5, 5.41) is 6.71. The fourth-order valence-electron chi connectivity index (χ4n) is 5.81. The first-order valence-electron chi connectivity index (χ1n) is 9.20. The van der Waals surface area contributed by atoms with E-state index in [-0.39, 0.29) is 18.0 Å². The van der Waals surface area contributed by atoms with Crippen LogP contribution in [0.15, 0.2) is 18.2 Å². The van der Waals surface area contributed by atoms with E-state index in [0.29, 0.717) is 18.7 Å². The standard InChI is InChI=1S/C19H20N2O4/c22-17(15-13-6-7-19(25-13)8-24-18(23)16(15)19)21-11-3-1-2-9-10-4-5-12(20-10)14(9)11/h1-3,10,12-13,15-16,20H,4-8H2,(H,21,22)/t10?,12?,13-,15-,16+,19-/m1/s1. The van der Waals surface area contributed by atoms with E-state index in [0.717, 1.165) is 31.4 Å². The highest BCUT2D eigenvalue weighted by atomic mass is 16.6. The third kappa shape index (κ3) is 1.71. The minimum absolute atomic E-state index is 0.105. The number of nitrogens with one attached hydrogen (secondary N) is 2. The van der Waals surface area contributed by atoms with Crippen molar-refractivity contribution in [3.8, 4) is 0 Å². The zero-order chi connectivity index (χ0) is 16.8. The van der Waals surface area contributed by atoms with Crippen LogP contribution in [-0.4, -0.2) is 30.2 Å². The van der Waals surface area contributed by atoms with Crippen LogP contribution < -0.4 is 10.6 Å². The molecule has 6 atom stereocenters. The summed E-state index contributed by atoms with van der Waals surface area (Å²) in [4.78, 5) is 25.3. The molecule has 0 radical (unpaired) electrons. The number of benzene rings is 1. The highest BCUT2D eigenvalue weighted by molar-refractivity contribution is 5.98. The summed E-state index contributed by atoms with van der Waals surface area (Å²) in [5.74, 6) is -1.27. The van der Waals surface area contributed by atoms with E-state index in [4.69, 9.17) is 9.47 Å². The molecular formula is C19H20N2O4. The number of rotatable bonds is 2. The molecule has 6 rings (SSSR count). The maximum atomic E-state index is 13.1. The number of carbonyl (C=O) groups excluding carboxylic acids is 2. The zero-order valence-corrected chi connectivity index (χ0v) is 13.8. The van der Waals surface area contributed by atoms with Gasteiger partial charge in [0.1, 0.15) is 18.1 Å². The minimum atomic E-state index is -0.553. The van der Waals surface area contributed by atoms with Gasteiger partial charge in [-0.2, -0.15) is 0 Å². The SMILES string of the molecule is O=C(Nc1cccc2c1C1CCC2N1)[C@H]1[C@H]2C(=O)OC[C@]23CC[C@H]1O3. The van der Waals surface area contributed by atoms with Gasteiger partial charge < -0.3 is 20.1 Å². The third-order valence-electron chi connectivity index (χ3n) is 6.85. The lowest BCUT2D eigenvalue weighted by atomic mass is 9.73. The maximum absolute atomic E-state index is 13.1. The molecule has 1 aromatic rings. The number of cyclic esters (lactones) is 1. The number of hydrogen-bond donors (Lipinski definition) is 2. The van der Waals surface area contributed by atoms with E-state index < -0.39 is 17.4 Å². The number of ether oxygens (including phenoxy) is 2. The predicted molar refractivity (Wildman–Crippen MR) is 87.7 cm³/mol. The monoisotopic (exact) mass is 340 g/mol. The summed E-state index contributed by atoms with van der Waals surface area (Å²) < 4.78 is 11.3. The Morgan fingerprint density at radius 1 is 1.24 bits per heavy atom. The van der Waals surface area contributed by atoms with Gasteiger partial charge in [-0.1, -0.05) is 12.1 Å². The molecule has 2 unspecified atom stereocenters. The van der Waals surface area contributed by atoms with Gasteiger partial charge in [-0.25, -0.2) is 0 Å². The lowest BCUT2D eigenvalue weighted by Crippen LogP contribution is -2.43. The molecule has 1 aromatic carbocycles. The Morgan fingerprint density at radius 3 is 3.04 bits per heavy atom. The van der Waals surface area contributed by atoms with Crippen LogP contribution >= 0.6 is 0 Å². The second-order valence-electron chi connectivity index (χ2n) is 8.02. The summed E-state index contributed by atoms with van der Waals surface area (Å²) in [6.45, 7) is 0.297. The molecule has 0 aromatic heterocycles. The van der Waals surface area contributed by atoms with Gasteiger partial charge >= 0.3 is 5.97 Å². The van der Waals surface area contributed by atoms with Crippen molar-refractivity contribution in [3.63, 3.8) is 0 Å². The van der Waals surface area contributed by atoms with Gasteiger partial charge in [-0.05, 0) is 42.9 Å². The van der Waals surface area contributed by atoms with Gasteiger partial charge in [0, 0.05) is 17.8 Å². The minimum Gasteiger partial charge on any atom is -0.462 e. The van der Waals surface area contributed by atoms with Crippen molar-refractivity contribution in [2.24, 2.45) is 11.8 Å². The fourth-order valence-corrected chi connectivity index (χ4v) is 5.81. The van der Waals surface area contributed by atoms with Crippen LogP contribution in [0.25, 0.3) is 0 Å². The lowest BCUT2D eigenvalue weighted by molar-refractivity contribution is -0.145. The van der Waals surface area contributed by atoms with E-state index in [2.05, 4.69) is 16.7 Å². The molecule has 0 aliphatic carbocycles. The Morgan fingerprint density at radius 2 is 2.12 bits per heavy atom. The van der Waals surface area contributed by atoms with Crippen molar-refractivity contribution in [3.05, 3.63) is 29.3 Å². The van der Waals surface area contributed by atoms with Crippen LogP contribution in [0.2, 0.25) is 0 Å². The molecule has 5 aliphatic rings. The van der Waals surface area contributed by atoms with E-state index >= 15 is 0 Å². The summed E-state index contributed by atoms with van der Waals surface area (Å²) in [5.41, 5.74) is 2.85. The summed E-state index contributed by atoms with van der Waals surface area (Å²) in [6.07, 6.45) is 3.74. The van der Waals surface area contributed by atoms with Crippen LogP contribution in [-0.2, 0) is 19.1 Å². The van der Waals surface area contributed by atoms with Crippen LogP contribution in [0.4, 0.5) is 5.69 Å². The fraction of sp³-hybridized carbons (Fsp3) is 0.579. The summed E-state index contributed by atoms with van der Waals surface area (Å²) in [7, 11) is 0. The van der Waals surface area contributed by atoms with Crippen molar-refractivity contribution in [1.29, 1.82) is 0 Å². The second kappa shape index (κ2) is 4.62. The first-order chi connectivity index (χ1) is 12.2. The number of amides is 1. The number of fused-ring (bicyclic) bond motifs is 6. The number of hydrogen-bond acceptors (Lipinski definition) is 5. The molecule has 1 spiro atoms. The predicted octanol–water partition coefficient (Wildman–Crippen LogP) is 1.82. The molecule has 4 bridgehead atoms. The zero-order valence-electron chi connectivity index (χ0n) is 13.8. The van der Waals surface area contributed by atoms with Crippen molar-refractivity contribution in [2.45, 2.75) is 49.5 Å². The van der Waals surface area contributed by atoms with Gasteiger partial charge in [-0.15, -0.1) is 0 Å². The molecular weight excluding hydrogens is 320 g/mol. The molecule has 5 aliphatic heterocycles. The van der Waals surface area contributed by atoms with Crippen molar-refractivity contribution in [2.75, 3.05) is 11.9 Å². The first kappa shape index (κ1) is 14.3. The number of esters is 1. The molecule has 4 fully saturated rings. The topological polar surface area (TPSA) is 76.7 Å². The molecule has 2 N–H and O–H groups in total. The Kier molecular flexibility index (Phi) is 2.64. The van der Waals surface area contributed by atoms with E-state index in [1.54, 1.807) is 0 Å². The number of anilines is 1. The quantitative estimate of drug-likeness (QED) is 0.803. The number of carbonyl (C=O) groups is 2. The van der Waals surface area contributed by atoms with Gasteiger partial charge in [0.25, 0.3) is 0 Å². The summed E-state index contributed by atoms with van der Waals surface area (Å²) >= 11 is 0. The smallest absolute Gasteiger partial charge is 0.313 e. The third-order valence-corrected chi connectivity index (χ3v) is 6.85. The van der Waals surface area contributed by atoms with Gasteiger partial charge in [0.15, 0.2) is 0 Å². The summed E-state index contributed by atoms with van der Waals surface area (Å²) in [6, 6.07) is 6.85. The van der Waals surface area contributed by atoms with Crippen LogP contribution in [0.5, 0.6) is 0 Å². The van der Waals surface area contributed by atoms with Crippen LogP contribution in [0.3, 0.4) is 0 Å². The van der Waals surface area contributed by atoms with Gasteiger partial charge in [-0.3, -0.25) is 9.59 Å². The normalized spacial score (nSPS) is 42.4. The molecule has 130 valence electrons. The van der Waals surface area contributed by atoms with E-state index in [9.17, 15) is 9.59 Å². The van der Waals surface area contributed by atoms with Crippen molar-refractivity contribution in [1.82, 2.24) is 5.32 Å². The van der Waals surface area contributed by atoms with Crippen LogP contribution in [0, 0.1) is 11.8 Å². The molecule has 6 nitrogen and oxygen atoms in total. The highest BCUT2D eigenvalue weighted by Crippen LogP contribution is 2.55. The molecule has 25 heavy (non-hydrogen) atoms. The van der Waals surface area contributed by atoms with E-state index in [1.807, 2.05) is 12.1 Å². The lowest BCUT2D eigenvalue weighted by Gasteiger charge is -2.26. The first-order valence-corrected chi connectivity index (χ1v) is 9.20. The van der Waals surface area contributed by atoms with Crippen LogP contribution in [0.1, 0.15) is 48.9 Å². The second-order valence-corrected chi connectivity index (χ2v) is 8.02. The Balaban J connectivity index is 1.32. The molecule has 6 heteroatoms. The molecule has 4 saturated heterocycles. The van der Waals surface area contributed by atoms with Gasteiger partial charge in [0.2, 0.25) is 5.91 Å². The Labute approximate surface area is 145 Å². The van der Waals surface area contributed by atoms with Crippen molar-refractivity contribution >= 4 is 17.6 Å². The molecule has 0 saturated carbocycles. The van der Waals surface area contributed by atoms with Crippen molar-refractivity contribution < 1.29 is 19.1 Å². The van der Waals surface area contributed by atoms with E-state index in [1.165, 1.54) is 11.1 Å². The maximum Gasteiger partial charge on any atom is 0.313 e. The molecule has 1 amide bonds. The highest BCUT2D eigenvalue weighted by Gasteiger charge is 2.68.